The van der Waals surface area contributed by atoms with Gasteiger partial charge in [-0.3, -0.25) is 4.98 Å². The standard InChI is InChI=1S/C18H24N2O/c1-4-15-6-5-7-17(10-15)21-18-13-19-9-8-16(18)12-20-11-14(2)3/h5-10,13-14,20H,4,11-12H2,1-3H3. The van der Waals surface area contributed by atoms with Crippen LogP contribution >= 0.6 is 0 Å². The summed E-state index contributed by atoms with van der Waals surface area (Å²) in [5.74, 6) is 2.33. The first kappa shape index (κ1) is 15.5. The van der Waals surface area contributed by atoms with Crippen molar-refractivity contribution >= 4 is 0 Å². The second-order valence-electron chi connectivity index (χ2n) is 5.61. The van der Waals surface area contributed by atoms with Gasteiger partial charge in [-0.05, 0) is 42.6 Å². The molecule has 3 heteroatoms. The summed E-state index contributed by atoms with van der Waals surface area (Å²) in [7, 11) is 0. The Morgan fingerprint density at radius 1 is 1.24 bits per heavy atom. The molecule has 0 amide bonds. The normalized spacial score (nSPS) is 10.9. The molecule has 0 atom stereocenters. The second-order valence-corrected chi connectivity index (χ2v) is 5.61. The van der Waals surface area contributed by atoms with Crippen LogP contribution in [0.2, 0.25) is 0 Å². The lowest BCUT2D eigenvalue weighted by molar-refractivity contribution is 0.466. The van der Waals surface area contributed by atoms with E-state index < -0.39 is 0 Å². The van der Waals surface area contributed by atoms with Crippen LogP contribution in [0.1, 0.15) is 31.9 Å². The molecular formula is C18H24N2O. The van der Waals surface area contributed by atoms with E-state index in [0.717, 1.165) is 36.6 Å². The topological polar surface area (TPSA) is 34.1 Å². The zero-order chi connectivity index (χ0) is 15.1. The van der Waals surface area contributed by atoms with Gasteiger partial charge in [0.25, 0.3) is 0 Å². The first-order valence-corrected chi connectivity index (χ1v) is 7.59. The lowest BCUT2D eigenvalue weighted by atomic mass is 10.1. The number of hydrogen-bond donors (Lipinski definition) is 1. The number of ether oxygens (including phenoxy) is 1. The number of nitrogens with zero attached hydrogens (tertiary/aromatic N) is 1. The van der Waals surface area contributed by atoms with Gasteiger partial charge in [0.05, 0.1) is 6.20 Å². The van der Waals surface area contributed by atoms with E-state index in [1.807, 2.05) is 24.4 Å². The van der Waals surface area contributed by atoms with Crippen molar-refractivity contribution in [3.63, 3.8) is 0 Å². The molecule has 2 rings (SSSR count). The fraction of sp³-hybridized carbons (Fsp3) is 0.389. The van der Waals surface area contributed by atoms with Crippen LogP contribution in [-0.2, 0) is 13.0 Å². The summed E-state index contributed by atoms with van der Waals surface area (Å²) < 4.78 is 6.01. The van der Waals surface area contributed by atoms with Crippen LogP contribution in [0.3, 0.4) is 0 Å². The van der Waals surface area contributed by atoms with Crippen LogP contribution < -0.4 is 10.1 Å². The highest BCUT2D eigenvalue weighted by molar-refractivity contribution is 5.37. The predicted molar refractivity (Wildman–Crippen MR) is 86.7 cm³/mol. The van der Waals surface area contributed by atoms with Crippen molar-refractivity contribution in [2.45, 2.75) is 33.7 Å². The Bertz CT molecular complexity index is 567. The predicted octanol–water partition coefficient (Wildman–Crippen LogP) is 4.18. The van der Waals surface area contributed by atoms with Gasteiger partial charge in [0.15, 0.2) is 0 Å². The molecule has 0 aliphatic rings. The zero-order valence-corrected chi connectivity index (χ0v) is 13.1. The molecule has 2 aromatic rings. The Labute approximate surface area is 127 Å². The van der Waals surface area contributed by atoms with Crippen LogP contribution in [0, 0.1) is 5.92 Å². The van der Waals surface area contributed by atoms with Crippen molar-refractivity contribution in [3.05, 3.63) is 53.9 Å². The highest BCUT2D eigenvalue weighted by Gasteiger charge is 2.06. The van der Waals surface area contributed by atoms with Crippen LogP contribution in [0.4, 0.5) is 0 Å². The molecule has 0 fully saturated rings. The van der Waals surface area contributed by atoms with E-state index in [2.05, 4.69) is 43.2 Å². The van der Waals surface area contributed by atoms with Crippen LogP contribution in [0.5, 0.6) is 11.5 Å². The van der Waals surface area contributed by atoms with Crippen molar-refractivity contribution < 1.29 is 4.74 Å². The molecule has 21 heavy (non-hydrogen) atoms. The molecular weight excluding hydrogens is 260 g/mol. The Balaban J connectivity index is 2.08. The van der Waals surface area contributed by atoms with Gasteiger partial charge < -0.3 is 10.1 Å². The van der Waals surface area contributed by atoms with Gasteiger partial charge in [0.1, 0.15) is 11.5 Å². The second kappa shape index (κ2) is 7.79. The minimum atomic E-state index is 0.637. The molecule has 1 heterocycles. The fourth-order valence-electron chi connectivity index (χ4n) is 2.10. The maximum atomic E-state index is 6.01. The van der Waals surface area contributed by atoms with E-state index in [9.17, 15) is 0 Å². The molecule has 0 unspecified atom stereocenters. The van der Waals surface area contributed by atoms with Gasteiger partial charge in [-0.25, -0.2) is 0 Å². The Morgan fingerprint density at radius 2 is 2.10 bits per heavy atom. The number of aromatic nitrogens is 1. The van der Waals surface area contributed by atoms with Crippen LogP contribution in [0.25, 0.3) is 0 Å². The third kappa shape index (κ3) is 4.87. The van der Waals surface area contributed by atoms with Gasteiger partial charge >= 0.3 is 0 Å². The molecule has 1 aromatic carbocycles. The maximum Gasteiger partial charge on any atom is 0.150 e. The molecule has 1 aromatic heterocycles. The van der Waals surface area contributed by atoms with Crippen molar-refractivity contribution in [2.75, 3.05) is 6.54 Å². The summed E-state index contributed by atoms with van der Waals surface area (Å²) in [5.41, 5.74) is 2.41. The Kier molecular flexibility index (Phi) is 5.76. The first-order valence-electron chi connectivity index (χ1n) is 7.59. The monoisotopic (exact) mass is 284 g/mol. The molecule has 112 valence electrons. The number of rotatable bonds is 7. The highest BCUT2D eigenvalue weighted by Crippen LogP contribution is 2.25. The summed E-state index contributed by atoms with van der Waals surface area (Å²) >= 11 is 0. The SMILES string of the molecule is CCc1cccc(Oc2cnccc2CNCC(C)C)c1. The number of aryl methyl sites for hydroxylation is 1. The van der Waals surface area contributed by atoms with E-state index >= 15 is 0 Å². The van der Waals surface area contributed by atoms with Crippen molar-refractivity contribution in [3.8, 4) is 11.5 Å². The van der Waals surface area contributed by atoms with E-state index in [-0.39, 0.29) is 0 Å². The highest BCUT2D eigenvalue weighted by atomic mass is 16.5. The molecule has 0 saturated carbocycles. The van der Waals surface area contributed by atoms with E-state index in [1.165, 1.54) is 5.56 Å². The van der Waals surface area contributed by atoms with Crippen molar-refractivity contribution in [1.82, 2.24) is 10.3 Å². The fourth-order valence-corrected chi connectivity index (χ4v) is 2.10. The van der Waals surface area contributed by atoms with E-state index in [4.69, 9.17) is 4.74 Å². The largest absolute Gasteiger partial charge is 0.455 e. The smallest absolute Gasteiger partial charge is 0.150 e. The van der Waals surface area contributed by atoms with Crippen LogP contribution in [-0.4, -0.2) is 11.5 Å². The van der Waals surface area contributed by atoms with Crippen molar-refractivity contribution in [1.29, 1.82) is 0 Å². The summed E-state index contributed by atoms with van der Waals surface area (Å²) in [6.45, 7) is 8.33. The first-order chi connectivity index (χ1) is 10.2. The number of benzene rings is 1. The van der Waals surface area contributed by atoms with Gasteiger partial charge in [0.2, 0.25) is 0 Å². The third-order valence-corrected chi connectivity index (χ3v) is 3.27. The summed E-state index contributed by atoms with van der Waals surface area (Å²) in [6, 6.07) is 10.2. The minimum absolute atomic E-state index is 0.637. The van der Waals surface area contributed by atoms with Gasteiger partial charge in [-0.2, -0.15) is 0 Å². The molecule has 1 N–H and O–H groups in total. The maximum absolute atomic E-state index is 6.01. The molecule has 0 aliphatic carbocycles. The molecule has 0 spiro atoms. The number of nitrogens with one attached hydrogen (secondary N) is 1. The molecule has 3 nitrogen and oxygen atoms in total. The quantitative estimate of drug-likeness (QED) is 0.828. The average Bonchev–Trinajstić information content (AvgIpc) is 2.49. The number of pyridine rings is 1. The van der Waals surface area contributed by atoms with Gasteiger partial charge in [-0.1, -0.05) is 32.9 Å². The average molecular weight is 284 g/mol. The molecule has 0 radical (unpaired) electrons. The minimum Gasteiger partial charge on any atom is -0.455 e. The van der Waals surface area contributed by atoms with E-state index in [0.29, 0.717) is 5.92 Å². The summed E-state index contributed by atoms with van der Waals surface area (Å²) in [4.78, 5) is 4.17. The summed E-state index contributed by atoms with van der Waals surface area (Å²) in [6.07, 6.45) is 4.60. The summed E-state index contributed by atoms with van der Waals surface area (Å²) in [5, 5.41) is 3.44. The molecule has 0 bridgehead atoms. The lowest BCUT2D eigenvalue weighted by Crippen LogP contribution is -2.19. The Hall–Kier alpha value is -1.87. The van der Waals surface area contributed by atoms with Gasteiger partial charge in [-0.15, -0.1) is 0 Å². The van der Waals surface area contributed by atoms with E-state index in [1.54, 1.807) is 6.20 Å². The third-order valence-electron chi connectivity index (χ3n) is 3.27. The van der Waals surface area contributed by atoms with Gasteiger partial charge in [0, 0.05) is 18.3 Å². The zero-order valence-electron chi connectivity index (χ0n) is 13.1. The molecule has 0 aliphatic heterocycles. The Morgan fingerprint density at radius 3 is 2.86 bits per heavy atom. The number of hydrogen-bond acceptors (Lipinski definition) is 3. The molecule has 0 saturated heterocycles. The van der Waals surface area contributed by atoms with Crippen LogP contribution in [0.15, 0.2) is 42.7 Å². The lowest BCUT2D eigenvalue weighted by Gasteiger charge is -2.13. The van der Waals surface area contributed by atoms with Crippen molar-refractivity contribution in [2.24, 2.45) is 5.92 Å².